The van der Waals surface area contributed by atoms with Crippen molar-refractivity contribution in [3.8, 4) is 22.6 Å². The van der Waals surface area contributed by atoms with Crippen LogP contribution in [0.2, 0.25) is 0 Å². The zero-order valence-electron chi connectivity index (χ0n) is 31.1. The summed E-state index contributed by atoms with van der Waals surface area (Å²) in [4.78, 5) is 59.2. The Balaban J connectivity index is 1.36. The molecule has 1 N–H and O–H groups in total. The number of aromatic hydroxyl groups is 1. The SMILES string of the molecule is CCOC(=O)c1cc(-c2cccc([C@H]3CCN(C(=O)OC(C)(C)C)C[C@@H]3C(=O)N(c3ccc4c(c3)N(CCCOC)C(=O)CO4)C3CC3)c2)ccc1O. The molecule has 2 atom stereocenters. The van der Waals surface area contributed by atoms with Gasteiger partial charge in [-0.1, -0.05) is 30.3 Å². The van der Waals surface area contributed by atoms with E-state index in [1.165, 1.54) is 6.07 Å². The minimum atomic E-state index is -0.702. The summed E-state index contributed by atoms with van der Waals surface area (Å²) in [5.41, 5.74) is 3.09. The molecule has 1 saturated carbocycles. The number of carbonyl (C=O) groups excluding carboxylic acids is 4. The Bertz CT molecular complexity index is 1850. The summed E-state index contributed by atoms with van der Waals surface area (Å²) >= 11 is 0. The number of anilines is 2. The van der Waals surface area contributed by atoms with E-state index in [4.69, 9.17) is 18.9 Å². The second kappa shape index (κ2) is 15.9. The van der Waals surface area contributed by atoms with Crippen molar-refractivity contribution >= 4 is 35.3 Å². The second-order valence-corrected chi connectivity index (χ2v) is 14.8. The molecule has 2 fully saturated rings. The first kappa shape index (κ1) is 37.7. The van der Waals surface area contributed by atoms with E-state index in [1.54, 1.807) is 36.0 Å². The Morgan fingerprint density at radius 2 is 1.77 bits per heavy atom. The van der Waals surface area contributed by atoms with Crippen LogP contribution in [0.15, 0.2) is 60.7 Å². The third-order valence-corrected chi connectivity index (χ3v) is 9.77. The van der Waals surface area contributed by atoms with Gasteiger partial charge >= 0.3 is 12.1 Å². The van der Waals surface area contributed by atoms with Crippen molar-refractivity contribution < 1.29 is 43.2 Å². The summed E-state index contributed by atoms with van der Waals surface area (Å²) < 4.78 is 21.9. The number of hydrogen-bond donors (Lipinski definition) is 1. The number of piperidine rings is 1. The summed E-state index contributed by atoms with van der Waals surface area (Å²) in [6.45, 7) is 8.81. The van der Waals surface area contributed by atoms with E-state index >= 15 is 4.79 Å². The second-order valence-electron chi connectivity index (χ2n) is 14.8. The number of fused-ring (bicyclic) bond motifs is 1. The van der Waals surface area contributed by atoms with Crippen molar-refractivity contribution in [2.24, 2.45) is 5.92 Å². The highest BCUT2D eigenvalue weighted by molar-refractivity contribution is 6.01. The van der Waals surface area contributed by atoms with E-state index in [0.29, 0.717) is 55.2 Å². The van der Waals surface area contributed by atoms with E-state index in [-0.39, 0.29) is 54.8 Å². The van der Waals surface area contributed by atoms with Gasteiger partial charge in [0.15, 0.2) is 6.61 Å². The summed E-state index contributed by atoms with van der Waals surface area (Å²) in [5, 5.41) is 10.4. The number of ether oxygens (including phenoxy) is 4. The van der Waals surface area contributed by atoms with Gasteiger partial charge in [-0.2, -0.15) is 0 Å². The van der Waals surface area contributed by atoms with E-state index in [0.717, 1.165) is 24.0 Å². The van der Waals surface area contributed by atoms with E-state index in [2.05, 4.69) is 0 Å². The molecular formula is C41H49N3O9. The highest BCUT2D eigenvalue weighted by atomic mass is 16.6. The van der Waals surface area contributed by atoms with Crippen LogP contribution in [0.3, 0.4) is 0 Å². The number of nitrogens with zero attached hydrogens (tertiary/aromatic N) is 3. The van der Waals surface area contributed by atoms with Gasteiger partial charge in [-0.25, -0.2) is 9.59 Å². The molecular weight excluding hydrogens is 678 g/mol. The third kappa shape index (κ3) is 8.59. The first-order valence-electron chi connectivity index (χ1n) is 18.4. The molecule has 2 aliphatic heterocycles. The summed E-state index contributed by atoms with van der Waals surface area (Å²) in [6.07, 6.45) is 2.37. The molecule has 1 saturated heterocycles. The topological polar surface area (TPSA) is 135 Å². The number of likely N-dealkylation sites (tertiary alicyclic amines) is 1. The minimum Gasteiger partial charge on any atom is -0.507 e. The van der Waals surface area contributed by atoms with Crippen LogP contribution in [-0.2, 0) is 23.8 Å². The maximum absolute atomic E-state index is 15.1. The molecule has 3 aromatic carbocycles. The van der Waals surface area contributed by atoms with Crippen LogP contribution >= 0.6 is 0 Å². The van der Waals surface area contributed by atoms with Crippen molar-refractivity contribution in [2.75, 3.05) is 56.4 Å². The minimum absolute atomic E-state index is 0.0233. The van der Waals surface area contributed by atoms with Crippen LogP contribution in [0.5, 0.6) is 11.5 Å². The smallest absolute Gasteiger partial charge is 0.410 e. The Kier molecular flexibility index (Phi) is 11.3. The van der Waals surface area contributed by atoms with Gasteiger partial charge in [0.05, 0.1) is 18.2 Å². The lowest BCUT2D eigenvalue weighted by Gasteiger charge is -2.41. The molecule has 53 heavy (non-hydrogen) atoms. The largest absolute Gasteiger partial charge is 0.507 e. The molecule has 0 aromatic heterocycles. The van der Waals surface area contributed by atoms with Crippen molar-refractivity contribution in [3.63, 3.8) is 0 Å². The molecule has 0 bridgehead atoms. The van der Waals surface area contributed by atoms with Crippen LogP contribution in [-0.4, -0.2) is 92.1 Å². The molecule has 0 radical (unpaired) electrons. The van der Waals surface area contributed by atoms with Gasteiger partial charge in [-0.3, -0.25) is 9.59 Å². The zero-order valence-corrected chi connectivity index (χ0v) is 31.1. The van der Waals surface area contributed by atoms with Crippen LogP contribution in [0, 0.1) is 5.92 Å². The number of hydrogen-bond acceptors (Lipinski definition) is 9. The molecule has 6 rings (SSSR count). The van der Waals surface area contributed by atoms with Gasteiger partial charge in [-0.05, 0) is 106 Å². The van der Waals surface area contributed by atoms with Gasteiger partial charge in [0.1, 0.15) is 22.7 Å². The number of methoxy groups -OCH3 is 1. The number of phenols is 1. The maximum Gasteiger partial charge on any atom is 0.410 e. The monoisotopic (exact) mass is 727 g/mol. The number of carbonyl (C=O) groups is 4. The van der Waals surface area contributed by atoms with E-state index < -0.39 is 23.6 Å². The van der Waals surface area contributed by atoms with Crippen LogP contribution in [0.4, 0.5) is 16.2 Å². The van der Waals surface area contributed by atoms with E-state index in [9.17, 15) is 19.5 Å². The van der Waals surface area contributed by atoms with Crippen LogP contribution in [0.1, 0.15) is 75.2 Å². The van der Waals surface area contributed by atoms with Crippen molar-refractivity contribution in [1.29, 1.82) is 0 Å². The average molecular weight is 728 g/mol. The molecule has 3 aliphatic rings. The first-order chi connectivity index (χ1) is 25.4. The lowest BCUT2D eigenvalue weighted by Crippen LogP contribution is -2.51. The summed E-state index contributed by atoms with van der Waals surface area (Å²) in [6, 6.07) is 18.2. The highest BCUT2D eigenvalue weighted by Crippen LogP contribution is 2.43. The maximum atomic E-state index is 15.1. The number of rotatable bonds is 11. The Hall–Kier alpha value is -5.10. The van der Waals surface area contributed by atoms with Gasteiger partial charge in [-0.15, -0.1) is 0 Å². The lowest BCUT2D eigenvalue weighted by molar-refractivity contribution is -0.124. The Labute approximate surface area is 310 Å². The standard InChI is InChI=1S/C41H49N3O9/c1-6-51-39(48)32-22-27(11-15-35(32)45)26-9-7-10-28(21-26)31-17-19-42(40(49)53-41(2,3)4)24-33(31)38(47)44(29-12-13-29)30-14-16-36-34(23-30)43(18-8-20-50-5)37(46)25-52-36/h7,9-11,14-16,21-23,29,31,33,45H,6,8,12-13,17-20,24-25H2,1-5H3/t31-,33+/m1/s1. The molecule has 3 aromatic rings. The van der Waals surface area contributed by atoms with Crippen molar-refractivity contribution in [2.45, 2.75) is 70.9 Å². The lowest BCUT2D eigenvalue weighted by atomic mass is 9.78. The number of benzene rings is 3. The fourth-order valence-electron chi connectivity index (χ4n) is 7.11. The molecule has 12 heteroatoms. The Morgan fingerprint density at radius 3 is 2.49 bits per heavy atom. The Morgan fingerprint density at radius 1 is 1.00 bits per heavy atom. The van der Waals surface area contributed by atoms with Gasteiger partial charge in [0, 0.05) is 45.1 Å². The van der Waals surface area contributed by atoms with Crippen LogP contribution < -0.4 is 14.5 Å². The van der Waals surface area contributed by atoms with E-state index in [1.807, 2.05) is 68.1 Å². The zero-order chi connectivity index (χ0) is 37.9. The van der Waals surface area contributed by atoms with Gasteiger partial charge in [0.25, 0.3) is 5.91 Å². The molecule has 282 valence electrons. The van der Waals surface area contributed by atoms with Gasteiger partial charge < -0.3 is 38.8 Å². The van der Waals surface area contributed by atoms with Crippen molar-refractivity contribution in [1.82, 2.24) is 4.90 Å². The average Bonchev–Trinajstić information content (AvgIpc) is 3.97. The summed E-state index contributed by atoms with van der Waals surface area (Å²) in [7, 11) is 1.63. The quantitative estimate of drug-likeness (QED) is 0.173. The highest BCUT2D eigenvalue weighted by Gasteiger charge is 2.44. The van der Waals surface area contributed by atoms with Crippen LogP contribution in [0.25, 0.3) is 11.1 Å². The fraction of sp³-hybridized carbons (Fsp3) is 0.463. The molecule has 0 unspecified atom stereocenters. The molecule has 12 nitrogen and oxygen atoms in total. The fourth-order valence-corrected chi connectivity index (χ4v) is 7.11. The molecule has 0 spiro atoms. The van der Waals surface area contributed by atoms with Crippen molar-refractivity contribution in [3.05, 3.63) is 71.8 Å². The predicted molar refractivity (Wildman–Crippen MR) is 199 cm³/mol. The predicted octanol–water partition coefficient (Wildman–Crippen LogP) is 6.53. The third-order valence-electron chi connectivity index (χ3n) is 9.77. The summed E-state index contributed by atoms with van der Waals surface area (Å²) in [5.74, 6) is -1.33. The first-order valence-corrected chi connectivity index (χ1v) is 18.4. The molecule has 1 aliphatic carbocycles. The number of phenolic OH excluding ortho intramolecular Hbond substituents is 1. The number of esters is 1. The van der Waals surface area contributed by atoms with Gasteiger partial charge in [0.2, 0.25) is 5.91 Å². The number of amides is 3. The molecule has 3 amide bonds. The molecule has 2 heterocycles. The normalized spacial score (nSPS) is 18.5.